The second-order valence-electron chi connectivity index (χ2n) is 2.26. The average molecular weight is 257 g/mol. The van der Waals surface area contributed by atoms with E-state index in [0.717, 1.165) is 23.0 Å². The van der Waals surface area contributed by atoms with Gasteiger partial charge in [0.15, 0.2) is 0 Å². The molecule has 1 atom stereocenters. The minimum Gasteiger partial charge on any atom is -0.480 e. The van der Waals surface area contributed by atoms with Crippen molar-refractivity contribution in [3.8, 4) is 0 Å². The van der Waals surface area contributed by atoms with Crippen molar-refractivity contribution < 1.29 is 18.9 Å². The van der Waals surface area contributed by atoms with Crippen molar-refractivity contribution in [1.82, 2.24) is 4.72 Å². The summed E-state index contributed by atoms with van der Waals surface area (Å²) >= 11 is 4.71. The van der Waals surface area contributed by atoms with Gasteiger partial charge in [0.05, 0.1) is 12.0 Å². The average Bonchev–Trinajstić information content (AvgIpc) is 2.12. The van der Waals surface area contributed by atoms with Crippen LogP contribution >= 0.6 is 34.7 Å². The van der Waals surface area contributed by atoms with Gasteiger partial charge in [0, 0.05) is 12.7 Å². The summed E-state index contributed by atoms with van der Waals surface area (Å²) < 4.78 is 7.13. The molecule has 0 aromatic rings. The van der Waals surface area contributed by atoms with Crippen molar-refractivity contribution >= 4 is 46.6 Å². The summed E-state index contributed by atoms with van der Waals surface area (Å²) in [6.07, 6.45) is 1.87. The Morgan fingerprint density at radius 1 is 1.64 bits per heavy atom. The van der Waals surface area contributed by atoms with Crippen LogP contribution in [0.1, 0.15) is 12.8 Å². The van der Waals surface area contributed by atoms with E-state index in [0.29, 0.717) is 0 Å². The van der Waals surface area contributed by atoms with Crippen LogP contribution < -0.4 is 4.72 Å². The van der Waals surface area contributed by atoms with E-state index >= 15 is 0 Å². The molecule has 0 aliphatic carbocycles. The maximum absolute atomic E-state index is 10.9. The van der Waals surface area contributed by atoms with Gasteiger partial charge in [0.1, 0.15) is 6.04 Å². The Bertz CT molecular complexity index is 202. The van der Waals surface area contributed by atoms with Gasteiger partial charge in [-0.2, -0.15) is 0 Å². The lowest BCUT2D eigenvalue weighted by atomic mass is 10.2. The Kier molecular flexibility index (Phi) is 8.24. The number of hydrogen-bond acceptors (Lipinski definition) is 7. The van der Waals surface area contributed by atoms with Crippen LogP contribution in [0.15, 0.2) is 0 Å². The zero-order valence-corrected chi connectivity index (χ0v) is 9.95. The van der Waals surface area contributed by atoms with Crippen molar-refractivity contribution in [3.05, 3.63) is 0 Å². The number of aliphatic carboxylic acids is 1. The van der Waals surface area contributed by atoms with Gasteiger partial charge in [-0.3, -0.25) is 9.59 Å². The highest BCUT2D eigenvalue weighted by atomic mass is 33.1. The zero-order chi connectivity index (χ0) is 11.0. The molecule has 0 spiro atoms. The first kappa shape index (κ1) is 13.9. The Morgan fingerprint density at radius 3 is 2.71 bits per heavy atom. The first-order valence-corrected chi connectivity index (χ1v) is 6.66. The van der Waals surface area contributed by atoms with Gasteiger partial charge in [-0.05, 0) is 17.4 Å². The third kappa shape index (κ3) is 6.41. The molecule has 5 nitrogen and oxygen atoms in total. The molecule has 0 bridgehead atoms. The monoisotopic (exact) mass is 257 g/mol. The molecule has 0 radical (unpaired) electrons. The number of carboxylic acid groups (broad SMARTS) is 1. The Hall–Kier alpha value is -0.0500. The SMILES string of the molecule is CSOC(=O)CCC(NSS)C(=O)O. The van der Waals surface area contributed by atoms with Gasteiger partial charge < -0.3 is 9.29 Å². The van der Waals surface area contributed by atoms with Crippen molar-refractivity contribution in [3.63, 3.8) is 0 Å². The van der Waals surface area contributed by atoms with Crippen LogP contribution in [0.2, 0.25) is 0 Å². The molecule has 0 saturated heterocycles. The van der Waals surface area contributed by atoms with E-state index in [1.807, 2.05) is 0 Å². The Labute approximate surface area is 95.5 Å². The molecule has 0 aliphatic heterocycles. The fourth-order valence-electron chi connectivity index (χ4n) is 0.693. The predicted octanol–water partition coefficient (Wildman–Crippen LogP) is 1.12. The lowest BCUT2D eigenvalue weighted by Crippen LogP contribution is -2.32. The van der Waals surface area contributed by atoms with E-state index < -0.39 is 18.0 Å². The van der Waals surface area contributed by atoms with Crippen molar-refractivity contribution in [1.29, 1.82) is 0 Å². The van der Waals surface area contributed by atoms with Gasteiger partial charge in [-0.15, -0.1) is 0 Å². The van der Waals surface area contributed by atoms with Crippen LogP contribution in [-0.2, 0) is 13.8 Å². The summed E-state index contributed by atoms with van der Waals surface area (Å²) in [5.74, 6) is -1.43. The van der Waals surface area contributed by atoms with E-state index in [4.69, 9.17) is 5.11 Å². The highest BCUT2D eigenvalue weighted by molar-refractivity contribution is 8.67. The molecular weight excluding hydrogens is 246 g/mol. The summed E-state index contributed by atoms with van der Waals surface area (Å²) in [6.45, 7) is 0. The van der Waals surface area contributed by atoms with E-state index in [2.05, 4.69) is 20.6 Å². The van der Waals surface area contributed by atoms with Crippen LogP contribution in [0.25, 0.3) is 0 Å². The summed E-state index contributed by atoms with van der Waals surface area (Å²) in [6, 6.07) is -0.785. The van der Waals surface area contributed by atoms with Crippen LogP contribution in [-0.4, -0.2) is 29.3 Å². The zero-order valence-electron chi connectivity index (χ0n) is 7.43. The number of carbonyl (C=O) groups excluding carboxylic acids is 1. The molecule has 0 aromatic carbocycles. The van der Waals surface area contributed by atoms with E-state index in [9.17, 15) is 9.59 Å². The summed E-state index contributed by atoms with van der Waals surface area (Å²) in [5, 5.41) is 8.68. The second kappa shape index (κ2) is 8.27. The summed E-state index contributed by atoms with van der Waals surface area (Å²) in [7, 11) is 0.909. The highest BCUT2D eigenvalue weighted by Crippen LogP contribution is 2.08. The van der Waals surface area contributed by atoms with Crippen LogP contribution in [0.5, 0.6) is 0 Å². The molecule has 0 heterocycles. The number of hydrogen-bond donors (Lipinski definition) is 3. The van der Waals surface area contributed by atoms with Gasteiger partial charge >= 0.3 is 11.9 Å². The lowest BCUT2D eigenvalue weighted by Gasteiger charge is -2.10. The molecule has 0 fully saturated rings. The molecule has 0 rings (SSSR count). The first-order chi connectivity index (χ1) is 6.61. The van der Waals surface area contributed by atoms with Crippen molar-refractivity contribution in [2.75, 3.05) is 6.26 Å². The largest absolute Gasteiger partial charge is 0.480 e. The minimum absolute atomic E-state index is 0.0686. The third-order valence-electron chi connectivity index (χ3n) is 1.31. The standard InChI is InChI=1S/C6H11NO4S3/c1-13-11-5(8)3-2-4(6(9)10)7-14-12/h4,7,12H,2-3H2,1H3,(H,9,10). The van der Waals surface area contributed by atoms with Crippen LogP contribution in [0.3, 0.4) is 0 Å². The smallest absolute Gasteiger partial charge is 0.321 e. The molecule has 0 amide bonds. The molecule has 2 N–H and O–H groups in total. The summed E-state index contributed by atoms with van der Waals surface area (Å²) in [5.41, 5.74) is 0. The van der Waals surface area contributed by atoms with E-state index in [1.54, 1.807) is 6.26 Å². The maximum atomic E-state index is 10.9. The predicted molar refractivity (Wildman–Crippen MR) is 60.0 cm³/mol. The maximum Gasteiger partial charge on any atom is 0.321 e. The normalized spacial score (nSPS) is 12.1. The highest BCUT2D eigenvalue weighted by Gasteiger charge is 2.18. The fraction of sp³-hybridized carbons (Fsp3) is 0.667. The molecule has 0 saturated carbocycles. The molecule has 14 heavy (non-hydrogen) atoms. The minimum atomic E-state index is -1.01. The number of nitrogens with one attached hydrogen (secondary N) is 1. The lowest BCUT2D eigenvalue weighted by molar-refractivity contribution is -0.139. The van der Waals surface area contributed by atoms with Gasteiger partial charge in [-0.25, -0.2) is 4.72 Å². The van der Waals surface area contributed by atoms with Crippen LogP contribution in [0.4, 0.5) is 0 Å². The molecule has 0 aliphatic rings. The van der Waals surface area contributed by atoms with Gasteiger partial charge in [0.25, 0.3) is 0 Å². The number of thiol groups is 1. The topological polar surface area (TPSA) is 75.6 Å². The number of carbonyl (C=O) groups is 2. The molecule has 8 heteroatoms. The third-order valence-corrected chi connectivity index (χ3v) is 2.37. The van der Waals surface area contributed by atoms with Crippen LogP contribution in [0, 0.1) is 0 Å². The first-order valence-electron chi connectivity index (χ1n) is 3.64. The summed E-state index contributed by atoms with van der Waals surface area (Å²) in [4.78, 5) is 21.5. The number of rotatable bonds is 7. The fourth-order valence-corrected chi connectivity index (χ4v) is 1.69. The van der Waals surface area contributed by atoms with Gasteiger partial charge in [0.2, 0.25) is 0 Å². The quantitative estimate of drug-likeness (QED) is 0.273. The van der Waals surface area contributed by atoms with Crippen molar-refractivity contribution in [2.24, 2.45) is 0 Å². The van der Waals surface area contributed by atoms with Gasteiger partial charge in [-0.1, -0.05) is 11.7 Å². The molecule has 1 unspecified atom stereocenters. The number of carboxylic acids is 1. The second-order valence-corrected chi connectivity index (χ2v) is 3.73. The molecule has 0 aromatic heterocycles. The Balaban J connectivity index is 3.81. The molecular formula is C6H11NO4S3. The molecule has 82 valence electrons. The van der Waals surface area contributed by atoms with E-state index in [1.165, 1.54) is 0 Å². The van der Waals surface area contributed by atoms with Crippen molar-refractivity contribution in [2.45, 2.75) is 18.9 Å². The van der Waals surface area contributed by atoms with E-state index in [-0.39, 0.29) is 12.8 Å². The Morgan fingerprint density at radius 2 is 2.29 bits per heavy atom.